The minimum absolute atomic E-state index is 0.883. The van der Waals surface area contributed by atoms with Gasteiger partial charge in [-0.25, -0.2) is 4.98 Å². The van der Waals surface area contributed by atoms with Gasteiger partial charge in [-0.15, -0.1) is 23.1 Å². The topological polar surface area (TPSA) is 24.9 Å². The van der Waals surface area contributed by atoms with Crippen molar-refractivity contribution >= 4 is 49.8 Å². The molecule has 1 N–H and O–H groups in total. The summed E-state index contributed by atoms with van der Waals surface area (Å²) < 4.78 is 1.11. The molecule has 3 rings (SSSR count). The summed E-state index contributed by atoms with van der Waals surface area (Å²) >= 11 is 6.89. The van der Waals surface area contributed by atoms with Crippen LogP contribution in [0.2, 0.25) is 0 Å². The first-order valence-corrected chi connectivity index (χ1v) is 9.51. The van der Waals surface area contributed by atoms with Gasteiger partial charge in [-0.1, -0.05) is 33.6 Å². The van der Waals surface area contributed by atoms with Crippen LogP contribution in [0.4, 0.5) is 10.8 Å². The molecule has 0 aliphatic carbocycles. The molecule has 0 saturated heterocycles. The molecular weight excluding hydrogens is 376 g/mol. The highest BCUT2D eigenvalue weighted by atomic mass is 79.9. The van der Waals surface area contributed by atoms with Gasteiger partial charge < -0.3 is 5.32 Å². The molecule has 0 unspecified atom stereocenters. The van der Waals surface area contributed by atoms with Crippen molar-refractivity contribution in [3.05, 3.63) is 69.6 Å². The van der Waals surface area contributed by atoms with Crippen LogP contribution in [0.3, 0.4) is 0 Å². The number of nitrogens with zero attached hydrogens (tertiary/aromatic N) is 1. The molecule has 0 amide bonds. The molecule has 0 aliphatic heterocycles. The highest BCUT2D eigenvalue weighted by molar-refractivity contribution is 9.10. The quantitative estimate of drug-likeness (QED) is 0.521. The molecule has 0 atom stereocenters. The number of nitrogens with one attached hydrogen (secondary N) is 1. The van der Waals surface area contributed by atoms with Crippen LogP contribution in [-0.2, 0) is 5.75 Å². The maximum Gasteiger partial charge on any atom is 0.187 e. The van der Waals surface area contributed by atoms with Gasteiger partial charge in [0.05, 0.1) is 5.69 Å². The van der Waals surface area contributed by atoms with Gasteiger partial charge in [-0.3, -0.25) is 0 Å². The number of hydrogen-bond donors (Lipinski definition) is 1. The van der Waals surface area contributed by atoms with Crippen molar-refractivity contribution < 1.29 is 0 Å². The van der Waals surface area contributed by atoms with Crippen molar-refractivity contribution in [2.24, 2.45) is 0 Å². The Bertz CT molecular complexity index is 736. The normalized spacial score (nSPS) is 10.6. The number of halogens is 1. The van der Waals surface area contributed by atoms with E-state index in [0.29, 0.717) is 0 Å². The zero-order valence-electron chi connectivity index (χ0n) is 12.0. The summed E-state index contributed by atoms with van der Waals surface area (Å²) in [6.07, 6.45) is 0. The fraction of sp³-hybridized carbons (Fsp3) is 0.118. The van der Waals surface area contributed by atoms with Crippen LogP contribution in [0.5, 0.6) is 0 Å². The smallest absolute Gasteiger partial charge is 0.187 e. The summed E-state index contributed by atoms with van der Waals surface area (Å²) in [5.74, 6) is 0.883. The second-order valence-corrected chi connectivity index (χ2v) is 7.70. The third kappa shape index (κ3) is 4.35. The number of hydrogen-bond acceptors (Lipinski definition) is 4. The second kappa shape index (κ2) is 7.31. The van der Waals surface area contributed by atoms with Gasteiger partial charge in [0, 0.05) is 26.2 Å². The van der Waals surface area contributed by atoms with Gasteiger partial charge in [0.25, 0.3) is 0 Å². The SMILES string of the molecule is Cc1ccc(Nc2nc(CSc3ccc(Br)cc3)cs2)cc1. The van der Waals surface area contributed by atoms with Gasteiger partial charge in [-0.2, -0.15) is 0 Å². The maximum atomic E-state index is 4.64. The molecule has 2 aromatic carbocycles. The fourth-order valence-corrected chi connectivity index (χ4v) is 3.77. The Morgan fingerprint density at radius 3 is 2.55 bits per heavy atom. The van der Waals surface area contributed by atoms with Gasteiger partial charge >= 0.3 is 0 Å². The molecule has 0 bridgehead atoms. The Morgan fingerprint density at radius 2 is 1.82 bits per heavy atom. The van der Waals surface area contributed by atoms with E-state index < -0.39 is 0 Å². The predicted molar refractivity (Wildman–Crippen MR) is 100 cm³/mol. The lowest BCUT2D eigenvalue weighted by atomic mass is 10.2. The van der Waals surface area contributed by atoms with Gasteiger partial charge in [0.15, 0.2) is 5.13 Å². The summed E-state index contributed by atoms with van der Waals surface area (Å²) in [6.45, 7) is 2.09. The Hall–Kier alpha value is -1.30. The van der Waals surface area contributed by atoms with Crippen molar-refractivity contribution in [3.8, 4) is 0 Å². The van der Waals surface area contributed by atoms with E-state index in [1.165, 1.54) is 10.5 Å². The minimum Gasteiger partial charge on any atom is -0.332 e. The first-order valence-electron chi connectivity index (χ1n) is 6.85. The molecule has 0 radical (unpaired) electrons. The fourth-order valence-electron chi connectivity index (χ4n) is 1.88. The van der Waals surface area contributed by atoms with Crippen LogP contribution < -0.4 is 5.32 Å². The number of benzene rings is 2. The average molecular weight is 391 g/mol. The molecule has 0 spiro atoms. The van der Waals surface area contributed by atoms with Gasteiger partial charge in [-0.05, 0) is 43.3 Å². The van der Waals surface area contributed by atoms with Crippen LogP contribution >= 0.6 is 39.0 Å². The monoisotopic (exact) mass is 390 g/mol. The Labute approximate surface area is 147 Å². The summed E-state index contributed by atoms with van der Waals surface area (Å²) in [5.41, 5.74) is 3.44. The van der Waals surface area contributed by atoms with Crippen LogP contribution in [0.15, 0.2) is 63.3 Å². The van der Waals surface area contributed by atoms with Crippen molar-refractivity contribution in [2.45, 2.75) is 17.6 Å². The molecule has 5 heteroatoms. The van der Waals surface area contributed by atoms with Crippen molar-refractivity contribution in [1.82, 2.24) is 4.98 Å². The van der Waals surface area contributed by atoms with E-state index in [1.54, 1.807) is 23.1 Å². The predicted octanol–water partition coefficient (Wildman–Crippen LogP) is 6.25. The molecule has 112 valence electrons. The van der Waals surface area contributed by atoms with E-state index in [1.807, 2.05) is 0 Å². The zero-order chi connectivity index (χ0) is 15.4. The molecule has 22 heavy (non-hydrogen) atoms. The van der Waals surface area contributed by atoms with E-state index in [4.69, 9.17) is 0 Å². The number of aromatic nitrogens is 1. The van der Waals surface area contributed by atoms with E-state index in [-0.39, 0.29) is 0 Å². The molecule has 0 aliphatic rings. The van der Waals surface area contributed by atoms with Crippen LogP contribution in [0.1, 0.15) is 11.3 Å². The Morgan fingerprint density at radius 1 is 1.09 bits per heavy atom. The summed E-state index contributed by atoms with van der Waals surface area (Å²) in [4.78, 5) is 5.89. The lowest BCUT2D eigenvalue weighted by molar-refractivity contribution is 1.23. The van der Waals surface area contributed by atoms with Gasteiger partial charge in [0.1, 0.15) is 0 Å². The van der Waals surface area contributed by atoms with Crippen LogP contribution in [-0.4, -0.2) is 4.98 Å². The molecule has 1 aromatic heterocycles. The third-order valence-corrected chi connectivity index (χ3v) is 5.44. The van der Waals surface area contributed by atoms with E-state index in [9.17, 15) is 0 Å². The second-order valence-electron chi connectivity index (χ2n) is 4.88. The highest BCUT2D eigenvalue weighted by Crippen LogP contribution is 2.27. The lowest BCUT2D eigenvalue weighted by Crippen LogP contribution is -1.90. The Kier molecular flexibility index (Phi) is 5.18. The third-order valence-electron chi connectivity index (χ3n) is 3.05. The van der Waals surface area contributed by atoms with E-state index >= 15 is 0 Å². The number of anilines is 2. The molecule has 2 nitrogen and oxygen atoms in total. The summed E-state index contributed by atoms with van der Waals surface area (Å²) in [7, 11) is 0. The largest absolute Gasteiger partial charge is 0.332 e. The van der Waals surface area contributed by atoms with Crippen LogP contribution in [0.25, 0.3) is 0 Å². The summed E-state index contributed by atoms with van der Waals surface area (Å²) in [5, 5.41) is 6.40. The molecule has 0 fully saturated rings. The average Bonchev–Trinajstić information content (AvgIpc) is 2.97. The zero-order valence-corrected chi connectivity index (χ0v) is 15.3. The van der Waals surface area contributed by atoms with E-state index in [2.05, 4.69) is 87.1 Å². The van der Waals surface area contributed by atoms with Crippen molar-refractivity contribution in [3.63, 3.8) is 0 Å². The number of aryl methyl sites for hydroxylation is 1. The molecule has 1 heterocycles. The number of thiazole rings is 1. The summed E-state index contributed by atoms with van der Waals surface area (Å²) in [6, 6.07) is 16.7. The maximum absolute atomic E-state index is 4.64. The highest BCUT2D eigenvalue weighted by Gasteiger charge is 2.03. The minimum atomic E-state index is 0.883. The van der Waals surface area contributed by atoms with E-state index in [0.717, 1.165) is 26.7 Å². The molecule has 3 aromatic rings. The standard InChI is InChI=1S/C17H15BrN2S2/c1-12-2-6-14(7-3-12)19-17-20-15(11-22-17)10-21-16-8-4-13(18)5-9-16/h2-9,11H,10H2,1H3,(H,19,20). The molecule has 0 saturated carbocycles. The number of rotatable bonds is 5. The Balaban J connectivity index is 1.59. The van der Waals surface area contributed by atoms with Crippen molar-refractivity contribution in [2.75, 3.05) is 5.32 Å². The first-order chi connectivity index (χ1) is 10.7. The van der Waals surface area contributed by atoms with Gasteiger partial charge in [0.2, 0.25) is 0 Å². The van der Waals surface area contributed by atoms with Crippen molar-refractivity contribution in [1.29, 1.82) is 0 Å². The number of thioether (sulfide) groups is 1. The molecular formula is C17H15BrN2S2. The first kappa shape index (κ1) is 15.6. The lowest BCUT2D eigenvalue weighted by Gasteiger charge is -2.02. The van der Waals surface area contributed by atoms with Crippen LogP contribution in [0, 0.1) is 6.92 Å².